The van der Waals surface area contributed by atoms with Crippen molar-refractivity contribution in [3.05, 3.63) is 60.2 Å². The van der Waals surface area contributed by atoms with Crippen molar-refractivity contribution in [1.82, 2.24) is 0 Å². The summed E-state index contributed by atoms with van der Waals surface area (Å²) in [7, 11) is -1.53. The summed E-state index contributed by atoms with van der Waals surface area (Å²) in [6.07, 6.45) is 0. The highest BCUT2D eigenvalue weighted by Crippen LogP contribution is 2.59. The second kappa shape index (κ2) is 6.49. The van der Waals surface area contributed by atoms with E-state index in [2.05, 4.69) is 13.5 Å². The third-order valence-corrected chi connectivity index (χ3v) is 6.58. The molecule has 3 rings (SSSR count). The maximum absolute atomic E-state index is 5.98. The Morgan fingerprint density at radius 1 is 0.857 bits per heavy atom. The van der Waals surface area contributed by atoms with Crippen molar-refractivity contribution in [2.75, 3.05) is 0 Å². The van der Waals surface area contributed by atoms with E-state index < -0.39 is 7.66 Å². The zero-order valence-corrected chi connectivity index (χ0v) is 13.9. The third kappa shape index (κ3) is 3.77. The average molecular weight is 335 g/mol. The fourth-order valence-corrected chi connectivity index (χ4v) is 5.38. The highest BCUT2D eigenvalue weighted by molar-refractivity contribution is 7.65. The summed E-state index contributed by atoms with van der Waals surface area (Å²) < 4.78 is 24.7. The van der Waals surface area contributed by atoms with Gasteiger partial charge < -0.3 is 9.05 Å². The van der Waals surface area contributed by atoms with Crippen LogP contribution in [0.2, 0.25) is 0 Å². The average Bonchev–Trinajstić information content (AvgIpc) is 2.51. The molecule has 1 aliphatic rings. The van der Waals surface area contributed by atoms with Gasteiger partial charge in [-0.05, 0) is 31.2 Å². The lowest BCUT2D eigenvalue weighted by Crippen LogP contribution is -1.98. The van der Waals surface area contributed by atoms with Gasteiger partial charge in [0.05, 0.1) is 0 Å². The van der Waals surface area contributed by atoms with Gasteiger partial charge in [0.15, 0.2) is 17.0 Å². The molecule has 0 fully saturated rings. The van der Waals surface area contributed by atoms with Crippen molar-refractivity contribution >= 4 is 24.7 Å². The van der Waals surface area contributed by atoms with Gasteiger partial charge in [0.1, 0.15) is 11.5 Å². The fraction of sp³-hybridized carbons (Fsp3) is 0.0769. The highest BCUT2D eigenvalue weighted by Gasteiger charge is 2.26. The van der Waals surface area contributed by atoms with E-state index in [0.29, 0.717) is 28.5 Å². The van der Waals surface area contributed by atoms with E-state index in [1.807, 2.05) is 61.5 Å². The molecule has 0 amide bonds. The van der Waals surface area contributed by atoms with Gasteiger partial charge in [0, 0.05) is 0 Å². The van der Waals surface area contributed by atoms with E-state index in [9.17, 15) is 0 Å². The maximum Gasteiger partial charge on any atom is 0.459 e. The fourth-order valence-electron chi connectivity index (χ4n) is 1.62. The molecule has 2 aromatic carbocycles. The lowest BCUT2D eigenvalue weighted by Gasteiger charge is -2.20. The van der Waals surface area contributed by atoms with Crippen LogP contribution in [0.25, 0.3) is 0 Å². The van der Waals surface area contributed by atoms with Gasteiger partial charge in [-0.25, -0.2) is 0 Å². The molecule has 0 saturated heterocycles. The minimum Gasteiger partial charge on any atom is -0.413 e. The topological polar surface area (TPSA) is 55.5 Å². The molecule has 1 unspecified atom stereocenters. The minimum absolute atomic E-state index is 0.592. The van der Waals surface area contributed by atoms with Crippen LogP contribution in [0.5, 0.6) is 11.5 Å². The SMILES string of the molecule is Cc1ccc(OP2(Oc3ccccc3)=NP=NP=N2)cc1. The van der Waals surface area contributed by atoms with Crippen molar-refractivity contribution in [3.63, 3.8) is 0 Å². The van der Waals surface area contributed by atoms with Crippen molar-refractivity contribution in [1.29, 1.82) is 0 Å². The van der Waals surface area contributed by atoms with Crippen LogP contribution in [0, 0.1) is 6.92 Å². The number of benzene rings is 2. The predicted octanol–water partition coefficient (Wildman–Crippen LogP) is 6.50. The molecule has 1 heterocycles. The summed E-state index contributed by atoms with van der Waals surface area (Å²) in [6.45, 7) is 2.03. The van der Waals surface area contributed by atoms with E-state index in [4.69, 9.17) is 9.05 Å². The largest absolute Gasteiger partial charge is 0.459 e. The molecule has 0 spiro atoms. The Morgan fingerprint density at radius 2 is 1.52 bits per heavy atom. The van der Waals surface area contributed by atoms with E-state index in [1.54, 1.807) is 0 Å². The van der Waals surface area contributed by atoms with Crippen LogP contribution < -0.4 is 9.05 Å². The van der Waals surface area contributed by atoms with Crippen molar-refractivity contribution < 1.29 is 9.05 Å². The van der Waals surface area contributed by atoms with Crippen molar-refractivity contribution in [3.8, 4) is 11.5 Å². The quantitative estimate of drug-likeness (QED) is 0.599. The second-order valence-corrected chi connectivity index (χ2v) is 8.10. The molecule has 21 heavy (non-hydrogen) atoms. The van der Waals surface area contributed by atoms with Gasteiger partial charge in [-0.3, -0.25) is 0 Å². The van der Waals surface area contributed by atoms with E-state index in [0.717, 1.165) is 0 Å². The second-order valence-electron chi connectivity index (χ2n) is 4.25. The van der Waals surface area contributed by atoms with Crippen LogP contribution in [0.15, 0.2) is 68.1 Å². The first-order valence-corrected chi connectivity index (χ1v) is 9.34. The first kappa shape index (κ1) is 14.4. The number of hydrogen-bond acceptors (Lipinski definition) is 5. The molecule has 106 valence electrons. The van der Waals surface area contributed by atoms with Crippen LogP contribution in [0.1, 0.15) is 5.56 Å². The zero-order valence-electron chi connectivity index (χ0n) is 11.2. The summed E-state index contributed by atoms with van der Waals surface area (Å²) in [5.74, 6) is 1.39. The molecule has 1 aliphatic heterocycles. The Balaban J connectivity index is 1.91. The molecular weight excluding hydrogens is 323 g/mol. The van der Waals surface area contributed by atoms with Crippen LogP contribution in [-0.2, 0) is 0 Å². The molecular formula is C13H12N3O2P3. The Bertz CT molecular complexity index is 730. The summed E-state index contributed by atoms with van der Waals surface area (Å²) in [5, 5.41) is 0. The number of nitrogens with zero attached hydrogens (tertiary/aromatic N) is 3. The summed E-state index contributed by atoms with van der Waals surface area (Å²) in [6, 6.07) is 17.2. The molecule has 2 aromatic rings. The molecule has 1 atom stereocenters. The maximum atomic E-state index is 5.98. The van der Waals surface area contributed by atoms with Gasteiger partial charge >= 0.3 is 7.66 Å². The smallest absolute Gasteiger partial charge is 0.413 e. The number of aryl methyl sites for hydroxylation is 1. The molecule has 0 radical (unpaired) electrons. The standard InChI is InChI=1S/C13H12N3O2P3/c1-11-7-9-13(10-8-11)18-21(15-19-14-20-16-21)17-12-5-3-2-4-6-12/h2-10H,1H3. The number of para-hydroxylation sites is 1. The molecule has 0 aromatic heterocycles. The van der Waals surface area contributed by atoms with Crippen molar-refractivity contribution in [2.45, 2.75) is 6.92 Å². The lowest BCUT2D eigenvalue weighted by atomic mass is 10.2. The Morgan fingerprint density at radius 3 is 2.14 bits per heavy atom. The van der Waals surface area contributed by atoms with Crippen molar-refractivity contribution in [2.24, 2.45) is 13.5 Å². The normalized spacial score (nSPS) is 21.4. The molecule has 0 aliphatic carbocycles. The monoisotopic (exact) mass is 335 g/mol. The van der Waals surface area contributed by atoms with Crippen LogP contribution in [0.4, 0.5) is 0 Å². The van der Waals surface area contributed by atoms with E-state index in [-0.39, 0.29) is 0 Å². The van der Waals surface area contributed by atoms with Gasteiger partial charge in [-0.2, -0.15) is 4.52 Å². The lowest BCUT2D eigenvalue weighted by molar-refractivity contribution is 0.478. The Labute approximate surface area is 126 Å². The van der Waals surface area contributed by atoms with Gasteiger partial charge in [-0.15, -0.1) is 9.03 Å². The number of rotatable bonds is 4. The predicted molar refractivity (Wildman–Crippen MR) is 86.9 cm³/mol. The first-order chi connectivity index (χ1) is 10.3. The zero-order chi connectivity index (χ0) is 14.5. The molecule has 0 N–H and O–H groups in total. The first-order valence-electron chi connectivity index (χ1n) is 6.21. The van der Waals surface area contributed by atoms with E-state index >= 15 is 0 Å². The van der Waals surface area contributed by atoms with Crippen LogP contribution in [-0.4, -0.2) is 0 Å². The van der Waals surface area contributed by atoms with E-state index in [1.165, 1.54) is 5.56 Å². The van der Waals surface area contributed by atoms with Crippen LogP contribution in [0.3, 0.4) is 0 Å². The molecule has 8 heteroatoms. The third-order valence-electron chi connectivity index (χ3n) is 2.60. The van der Waals surface area contributed by atoms with Crippen LogP contribution >= 0.6 is 24.7 Å². The highest BCUT2D eigenvalue weighted by atomic mass is 31.2. The Kier molecular flexibility index (Phi) is 4.45. The van der Waals surface area contributed by atoms with Gasteiger partial charge in [0.2, 0.25) is 0 Å². The van der Waals surface area contributed by atoms with Gasteiger partial charge in [-0.1, -0.05) is 35.9 Å². The molecule has 5 nitrogen and oxygen atoms in total. The number of hydrogen-bond donors (Lipinski definition) is 0. The summed E-state index contributed by atoms with van der Waals surface area (Å²) in [5.41, 5.74) is 1.17. The van der Waals surface area contributed by atoms with Gasteiger partial charge in [0.25, 0.3) is 0 Å². The summed E-state index contributed by atoms with van der Waals surface area (Å²) in [4.78, 5) is 0. The summed E-state index contributed by atoms with van der Waals surface area (Å²) >= 11 is 0. The molecule has 0 bridgehead atoms. The Hall–Kier alpha value is -1.53. The molecule has 0 saturated carbocycles. The minimum atomic E-state index is -2.72.